The maximum Gasteiger partial charge on any atom is 0.271 e. The zero-order valence-electron chi connectivity index (χ0n) is 12.6. The van der Waals surface area contributed by atoms with Crippen molar-refractivity contribution < 1.29 is 4.79 Å². The number of amides is 1. The van der Waals surface area contributed by atoms with Crippen molar-refractivity contribution in [3.63, 3.8) is 0 Å². The van der Waals surface area contributed by atoms with Gasteiger partial charge in [0, 0.05) is 19.6 Å². The average molecular weight is 279 g/mol. The minimum absolute atomic E-state index is 0.111. The second-order valence-corrected chi connectivity index (χ2v) is 5.57. The van der Waals surface area contributed by atoms with Gasteiger partial charge in [0.1, 0.15) is 5.69 Å². The molecular formula is C14H25N5O. The molecule has 0 spiro atoms. The fourth-order valence-corrected chi connectivity index (χ4v) is 2.82. The lowest BCUT2D eigenvalue weighted by molar-refractivity contribution is 0.0923. The lowest BCUT2D eigenvalue weighted by atomic mass is 10.2. The molecule has 1 saturated heterocycles. The van der Waals surface area contributed by atoms with Crippen molar-refractivity contribution >= 4 is 11.6 Å². The van der Waals surface area contributed by atoms with Gasteiger partial charge >= 0.3 is 0 Å². The predicted molar refractivity (Wildman–Crippen MR) is 79.6 cm³/mol. The topological polar surface area (TPSA) is 76.2 Å². The first kappa shape index (κ1) is 14.8. The molecule has 6 nitrogen and oxygen atoms in total. The molecule has 1 atom stereocenters. The molecule has 1 aliphatic heterocycles. The smallest absolute Gasteiger partial charge is 0.271 e. The van der Waals surface area contributed by atoms with Gasteiger partial charge in [-0.3, -0.25) is 9.48 Å². The number of hydrogen-bond acceptors (Lipinski definition) is 4. The van der Waals surface area contributed by atoms with Crippen LogP contribution in [0.2, 0.25) is 0 Å². The van der Waals surface area contributed by atoms with E-state index >= 15 is 0 Å². The van der Waals surface area contributed by atoms with Crippen molar-refractivity contribution in [3.8, 4) is 0 Å². The molecule has 112 valence electrons. The molecular weight excluding hydrogens is 254 g/mol. The molecule has 1 amide bonds. The minimum atomic E-state index is -0.135. The summed E-state index contributed by atoms with van der Waals surface area (Å²) in [7, 11) is 1.76. The number of anilines is 1. The van der Waals surface area contributed by atoms with E-state index < -0.39 is 0 Å². The van der Waals surface area contributed by atoms with Crippen molar-refractivity contribution in [2.45, 2.75) is 39.2 Å². The molecule has 2 heterocycles. The van der Waals surface area contributed by atoms with E-state index in [4.69, 9.17) is 5.73 Å². The number of likely N-dealkylation sites (tertiary alicyclic amines) is 1. The Morgan fingerprint density at radius 2 is 2.10 bits per heavy atom. The number of carbonyl (C=O) groups is 1. The number of nitrogens with one attached hydrogen (secondary N) is 1. The van der Waals surface area contributed by atoms with Crippen LogP contribution in [0, 0.1) is 0 Å². The minimum Gasteiger partial charge on any atom is -0.395 e. The van der Waals surface area contributed by atoms with E-state index in [1.807, 2.05) is 13.8 Å². The number of hydrogen-bond donors (Lipinski definition) is 2. The first-order valence-corrected chi connectivity index (χ1v) is 7.37. The predicted octanol–water partition coefficient (Wildman–Crippen LogP) is 0.779. The van der Waals surface area contributed by atoms with Gasteiger partial charge in [-0.1, -0.05) is 6.92 Å². The van der Waals surface area contributed by atoms with Crippen LogP contribution in [0.4, 0.5) is 5.69 Å². The summed E-state index contributed by atoms with van der Waals surface area (Å²) in [6.07, 6.45) is 3.25. The van der Waals surface area contributed by atoms with Gasteiger partial charge in [0.2, 0.25) is 0 Å². The molecule has 1 aromatic heterocycles. The Morgan fingerprint density at radius 1 is 1.45 bits per heavy atom. The van der Waals surface area contributed by atoms with Gasteiger partial charge in [0.25, 0.3) is 5.91 Å². The van der Waals surface area contributed by atoms with E-state index in [1.54, 1.807) is 11.7 Å². The summed E-state index contributed by atoms with van der Waals surface area (Å²) in [5, 5.41) is 7.30. The third-order valence-electron chi connectivity index (χ3n) is 3.82. The number of carbonyl (C=O) groups excluding carboxylic acids is 1. The Bertz CT molecular complexity index is 476. The average Bonchev–Trinajstić information content (AvgIpc) is 2.97. The highest BCUT2D eigenvalue weighted by Gasteiger charge is 2.21. The number of aryl methyl sites for hydroxylation is 2. The van der Waals surface area contributed by atoms with E-state index in [0.717, 1.165) is 31.7 Å². The van der Waals surface area contributed by atoms with Gasteiger partial charge in [-0.2, -0.15) is 5.10 Å². The van der Waals surface area contributed by atoms with E-state index in [0.29, 0.717) is 11.4 Å². The highest BCUT2D eigenvalue weighted by molar-refractivity contribution is 5.98. The maximum atomic E-state index is 12.3. The van der Waals surface area contributed by atoms with Gasteiger partial charge in [0.05, 0.1) is 11.4 Å². The van der Waals surface area contributed by atoms with Crippen molar-refractivity contribution in [2.75, 3.05) is 25.4 Å². The van der Waals surface area contributed by atoms with Crippen LogP contribution in [-0.4, -0.2) is 46.3 Å². The highest BCUT2D eigenvalue weighted by atomic mass is 16.2. The Kier molecular flexibility index (Phi) is 4.65. The largest absolute Gasteiger partial charge is 0.395 e. The Hall–Kier alpha value is -1.56. The molecule has 0 saturated carbocycles. The normalized spacial score (nSPS) is 17.4. The second kappa shape index (κ2) is 6.26. The van der Waals surface area contributed by atoms with Crippen molar-refractivity contribution in [1.82, 2.24) is 20.0 Å². The molecule has 2 rings (SSSR count). The SMILES string of the molecule is CCc1nn(C)c(C(=O)NC(C)CN2CCCC2)c1N. The summed E-state index contributed by atoms with van der Waals surface area (Å²) in [6, 6.07) is 0.111. The summed E-state index contributed by atoms with van der Waals surface area (Å²) < 4.78 is 1.58. The fraction of sp³-hybridized carbons (Fsp3) is 0.714. The van der Waals surface area contributed by atoms with E-state index in [-0.39, 0.29) is 11.9 Å². The zero-order chi connectivity index (χ0) is 14.7. The number of nitrogen functional groups attached to an aromatic ring is 1. The summed E-state index contributed by atoms with van der Waals surface area (Å²) in [5.74, 6) is -0.135. The van der Waals surface area contributed by atoms with Gasteiger partial charge in [-0.15, -0.1) is 0 Å². The first-order valence-electron chi connectivity index (χ1n) is 7.37. The van der Waals surface area contributed by atoms with Gasteiger partial charge in [0.15, 0.2) is 0 Å². The Labute approximate surface area is 120 Å². The molecule has 1 aromatic rings. The third-order valence-corrected chi connectivity index (χ3v) is 3.82. The molecule has 0 aromatic carbocycles. The van der Waals surface area contributed by atoms with Gasteiger partial charge in [-0.25, -0.2) is 0 Å². The molecule has 1 aliphatic rings. The zero-order valence-corrected chi connectivity index (χ0v) is 12.6. The summed E-state index contributed by atoms with van der Waals surface area (Å²) in [6.45, 7) is 7.17. The molecule has 0 radical (unpaired) electrons. The van der Waals surface area contributed by atoms with Gasteiger partial charge in [-0.05, 0) is 39.3 Å². The lowest BCUT2D eigenvalue weighted by Gasteiger charge is -2.21. The highest BCUT2D eigenvalue weighted by Crippen LogP contribution is 2.17. The van der Waals surface area contributed by atoms with Crippen LogP contribution in [-0.2, 0) is 13.5 Å². The van der Waals surface area contributed by atoms with E-state index in [1.165, 1.54) is 12.8 Å². The van der Waals surface area contributed by atoms with Crippen LogP contribution >= 0.6 is 0 Å². The summed E-state index contributed by atoms with van der Waals surface area (Å²) in [5.41, 5.74) is 7.75. The van der Waals surface area contributed by atoms with E-state index in [9.17, 15) is 4.79 Å². The number of nitrogens with two attached hydrogens (primary N) is 1. The summed E-state index contributed by atoms with van der Waals surface area (Å²) >= 11 is 0. The molecule has 6 heteroatoms. The molecule has 1 unspecified atom stereocenters. The van der Waals surface area contributed by atoms with Gasteiger partial charge < -0.3 is 16.0 Å². The maximum absolute atomic E-state index is 12.3. The third kappa shape index (κ3) is 3.12. The molecule has 0 bridgehead atoms. The van der Waals surface area contributed by atoms with Crippen molar-refractivity contribution in [3.05, 3.63) is 11.4 Å². The molecule has 20 heavy (non-hydrogen) atoms. The Morgan fingerprint density at radius 3 is 2.65 bits per heavy atom. The number of rotatable bonds is 5. The number of nitrogens with zero attached hydrogens (tertiary/aromatic N) is 3. The van der Waals surface area contributed by atoms with Crippen LogP contribution in [0.1, 0.15) is 42.9 Å². The van der Waals surface area contributed by atoms with Crippen LogP contribution in [0.15, 0.2) is 0 Å². The van der Waals surface area contributed by atoms with Crippen molar-refractivity contribution in [2.24, 2.45) is 7.05 Å². The standard InChI is InChI=1S/C14H25N5O/c1-4-11-12(15)13(18(3)17-11)14(20)16-10(2)9-19-7-5-6-8-19/h10H,4-9,15H2,1-3H3,(H,16,20). The van der Waals surface area contributed by atoms with Crippen LogP contribution in [0.3, 0.4) is 0 Å². The van der Waals surface area contributed by atoms with E-state index in [2.05, 4.69) is 15.3 Å². The monoisotopic (exact) mass is 279 g/mol. The first-order chi connectivity index (χ1) is 9.52. The number of aromatic nitrogens is 2. The molecule has 0 aliphatic carbocycles. The van der Waals surface area contributed by atoms with Crippen LogP contribution in [0.5, 0.6) is 0 Å². The molecule has 1 fully saturated rings. The van der Waals surface area contributed by atoms with Crippen LogP contribution < -0.4 is 11.1 Å². The summed E-state index contributed by atoms with van der Waals surface area (Å²) in [4.78, 5) is 14.7. The molecule has 3 N–H and O–H groups in total. The fourth-order valence-electron chi connectivity index (χ4n) is 2.82. The van der Waals surface area contributed by atoms with Crippen LogP contribution in [0.25, 0.3) is 0 Å². The Balaban J connectivity index is 1.98. The second-order valence-electron chi connectivity index (χ2n) is 5.57. The lowest BCUT2D eigenvalue weighted by Crippen LogP contribution is -2.41. The van der Waals surface area contributed by atoms with Crippen molar-refractivity contribution in [1.29, 1.82) is 0 Å². The quantitative estimate of drug-likeness (QED) is 0.835.